The SMILES string of the molecule is CO[n+]1cc(Br)c([N+](=O)[O-])c2ccccc21.[O-][Cl+3]([O-])([O-])[O-]. The first-order chi connectivity index (χ1) is 9.65. The highest BCUT2D eigenvalue weighted by Crippen LogP contribution is 2.30. The minimum atomic E-state index is -4.94. The molecule has 0 aliphatic rings. The van der Waals surface area contributed by atoms with Crippen molar-refractivity contribution in [1.82, 2.24) is 0 Å². The molecule has 114 valence electrons. The highest BCUT2D eigenvalue weighted by Gasteiger charge is 2.25. The highest BCUT2D eigenvalue weighted by atomic mass is 79.9. The van der Waals surface area contributed by atoms with Crippen molar-refractivity contribution in [2.75, 3.05) is 7.11 Å². The summed E-state index contributed by atoms with van der Waals surface area (Å²) in [4.78, 5) is 15.7. The molecular weight excluding hydrogens is 375 g/mol. The van der Waals surface area contributed by atoms with E-state index in [9.17, 15) is 10.1 Å². The largest absolute Gasteiger partial charge is 0.303 e. The van der Waals surface area contributed by atoms with Crippen LogP contribution in [0.15, 0.2) is 34.9 Å². The molecule has 2 rings (SSSR count). The summed E-state index contributed by atoms with van der Waals surface area (Å²) in [6, 6.07) is 7.00. The van der Waals surface area contributed by atoms with Gasteiger partial charge >= 0.3 is 5.69 Å². The van der Waals surface area contributed by atoms with Crippen LogP contribution >= 0.6 is 15.9 Å². The van der Waals surface area contributed by atoms with E-state index in [1.54, 1.807) is 24.3 Å². The van der Waals surface area contributed by atoms with Gasteiger partial charge in [-0.15, -0.1) is 10.2 Å². The molecule has 9 nitrogen and oxygen atoms in total. The predicted molar refractivity (Wildman–Crippen MR) is 61.0 cm³/mol. The lowest BCUT2D eigenvalue weighted by molar-refractivity contribution is -2.00. The van der Waals surface area contributed by atoms with Gasteiger partial charge in [-0.3, -0.25) is 15.0 Å². The molecule has 0 bridgehead atoms. The van der Waals surface area contributed by atoms with Gasteiger partial charge in [-0.25, -0.2) is 18.6 Å². The van der Waals surface area contributed by atoms with E-state index in [-0.39, 0.29) is 5.69 Å². The van der Waals surface area contributed by atoms with E-state index in [0.29, 0.717) is 15.4 Å². The molecule has 0 N–H and O–H groups in total. The topological polar surface area (TPSA) is 148 Å². The van der Waals surface area contributed by atoms with Crippen LogP contribution in [-0.4, -0.2) is 12.0 Å². The Bertz CT molecular complexity index is 656. The van der Waals surface area contributed by atoms with E-state index in [2.05, 4.69) is 15.9 Å². The van der Waals surface area contributed by atoms with Crippen LogP contribution in [0, 0.1) is 20.4 Å². The second-order valence-corrected chi connectivity index (χ2v) is 5.10. The van der Waals surface area contributed by atoms with Crippen molar-refractivity contribution >= 4 is 32.5 Å². The number of hydrogen-bond acceptors (Lipinski definition) is 7. The molecule has 0 unspecified atom stereocenters. The summed E-state index contributed by atoms with van der Waals surface area (Å²) in [5, 5.41) is 11.5. The van der Waals surface area contributed by atoms with Crippen molar-refractivity contribution in [3.05, 3.63) is 45.0 Å². The van der Waals surface area contributed by atoms with Crippen LogP contribution in [0.5, 0.6) is 0 Å². The van der Waals surface area contributed by atoms with Crippen molar-refractivity contribution in [1.29, 1.82) is 0 Å². The number of halogens is 2. The Kier molecular flexibility index (Phi) is 5.78. The number of benzene rings is 1. The first kappa shape index (κ1) is 17.5. The van der Waals surface area contributed by atoms with E-state index < -0.39 is 15.2 Å². The zero-order valence-corrected chi connectivity index (χ0v) is 12.7. The van der Waals surface area contributed by atoms with E-state index >= 15 is 0 Å². The van der Waals surface area contributed by atoms with Gasteiger partial charge in [-0.05, 0) is 22.0 Å². The molecule has 11 heteroatoms. The fourth-order valence-electron chi connectivity index (χ4n) is 1.56. The summed E-state index contributed by atoms with van der Waals surface area (Å²) in [5.74, 6) is 0. The van der Waals surface area contributed by atoms with Gasteiger partial charge in [0.25, 0.3) is 5.52 Å². The monoisotopic (exact) mass is 382 g/mol. The normalized spacial score (nSPS) is 10.8. The fraction of sp³-hybridized carbons (Fsp3) is 0.100. The molecule has 0 aliphatic carbocycles. The number of fused-ring (bicyclic) bond motifs is 1. The summed E-state index contributed by atoms with van der Waals surface area (Å²) in [5.41, 5.74) is 0.698. The quantitative estimate of drug-likeness (QED) is 0.307. The van der Waals surface area contributed by atoms with Crippen molar-refractivity contribution < 1.29 is 43.4 Å². The highest BCUT2D eigenvalue weighted by molar-refractivity contribution is 9.10. The predicted octanol–water partition coefficient (Wildman–Crippen LogP) is -2.90. The van der Waals surface area contributed by atoms with Gasteiger partial charge in [0.05, 0.1) is 4.92 Å². The minimum absolute atomic E-state index is 0.0453. The summed E-state index contributed by atoms with van der Waals surface area (Å²) in [6.45, 7) is 0. The zero-order valence-electron chi connectivity index (χ0n) is 10.4. The molecule has 0 fully saturated rings. The van der Waals surface area contributed by atoms with Crippen LogP contribution in [-0.2, 0) is 0 Å². The molecule has 0 saturated heterocycles. The molecule has 0 spiro atoms. The maximum absolute atomic E-state index is 11.0. The van der Waals surface area contributed by atoms with Gasteiger partial charge in [-0.2, -0.15) is 0 Å². The maximum atomic E-state index is 11.0. The Morgan fingerprint density at radius 3 is 2.24 bits per heavy atom. The second-order valence-electron chi connectivity index (χ2n) is 3.49. The molecule has 0 radical (unpaired) electrons. The van der Waals surface area contributed by atoms with Crippen molar-refractivity contribution in [3.63, 3.8) is 0 Å². The number of aromatic nitrogens is 1. The number of nitro groups is 1. The minimum Gasteiger partial charge on any atom is -0.274 e. The van der Waals surface area contributed by atoms with Crippen LogP contribution in [0.3, 0.4) is 0 Å². The standard InChI is InChI=1S/C10H8BrN2O3.ClHO4/c1-16-12-6-8(11)10(13(14)15)7-4-2-3-5-9(7)12;2-1(3,4)5/h2-6H,1H3;(H,2,3,4,5)/q+1;/p-1. The van der Waals surface area contributed by atoms with E-state index in [1.807, 2.05) is 0 Å². The van der Waals surface area contributed by atoms with Gasteiger partial charge < -0.3 is 0 Å². The molecule has 0 atom stereocenters. The molecule has 0 aliphatic heterocycles. The van der Waals surface area contributed by atoms with Crippen LogP contribution in [0.2, 0.25) is 0 Å². The average molecular weight is 384 g/mol. The van der Waals surface area contributed by atoms with Gasteiger partial charge in [0.15, 0.2) is 4.47 Å². The molecular formula is C10H8BrClN2O7. The second kappa shape index (κ2) is 6.93. The molecule has 1 aromatic carbocycles. The van der Waals surface area contributed by atoms with Crippen LogP contribution in [0.25, 0.3) is 10.9 Å². The van der Waals surface area contributed by atoms with Gasteiger partial charge in [-0.1, -0.05) is 12.1 Å². The number of rotatable bonds is 2. The molecule has 21 heavy (non-hydrogen) atoms. The zero-order chi connectivity index (χ0) is 16.2. The Morgan fingerprint density at radius 1 is 1.24 bits per heavy atom. The lowest BCUT2D eigenvalue weighted by Gasteiger charge is -2.17. The first-order valence-corrected chi connectivity index (χ1v) is 7.11. The summed E-state index contributed by atoms with van der Waals surface area (Å²) in [6.07, 6.45) is 1.53. The van der Waals surface area contributed by atoms with E-state index in [4.69, 9.17) is 23.5 Å². The number of nitrogens with zero attached hydrogens (tertiary/aromatic N) is 2. The third-order valence-corrected chi connectivity index (χ3v) is 2.81. The number of hydrogen-bond donors (Lipinski definition) is 0. The van der Waals surface area contributed by atoms with Crippen LogP contribution < -0.4 is 28.2 Å². The van der Waals surface area contributed by atoms with Crippen LogP contribution in [0.4, 0.5) is 5.69 Å². The average Bonchev–Trinajstić information content (AvgIpc) is 2.35. The summed E-state index contributed by atoms with van der Waals surface area (Å²) >= 11 is 3.17. The maximum Gasteiger partial charge on any atom is 0.303 e. The van der Waals surface area contributed by atoms with Crippen LogP contribution in [0.1, 0.15) is 0 Å². The van der Waals surface area contributed by atoms with Crippen molar-refractivity contribution in [3.8, 4) is 0 Å². The molecule has 1 heterocycles. The fourth-order valence-corrected chi connectivity index (χ4v) is 2.11. The number of para-hydroxylation sites is 1. The lowest BCUT2D eigenvalue weighted by atomic mass is 10.2. The summed E-state index contributed by atoms with van der Waals surface area (Å²) in [7, 11) is -3.44. The van der Waals surface area contributed by atoms with Gasteiger partial charge in [0, 0.05) is 10.8 Å². The van der Waals surface area contributed by atoms with E-state index in [1.165, 1.54) is 18.0 Å². The lowest BCUT2D eigenvalue weighted by Crippen LogP contribution is -2.68. The van der Waals surface area contributed by atoms with Crippen molar-refractivity contribution in [2.45, 2.75) is 0 Å². The molecule has 2 aromatic rings. The molecule has 0 saturated carbocycles. The Labute approximate surface area is 128 Å². The number of pyridine rings is 1. The smallest absolute Gasteiger partial charge is 0.274 e. The summed E-state index contributed by atoms with van der Waals surface area (Å²) < 4.78 is 35.8. The Hall–Kier alpha value is -1.56. The third kappa shape index (κ3) is 5.04. The van der Waals surface area contributed by atoms with Crippen molar-refractivity contribution in [2.24, 2.45) is 0 Å². The first-order valence-electron chi connectivity index (χ1n) is 5.08. The van der Waals surface area contributed by atoms with Gasteiger partial charge in [0.2, 0.25) is 6.20 Å². The molecule has 0 amide bonds. The molecule has 1 aromatic heterocycles. The Balaban J connectivity index is 0.000000383. The van der Waals surface area contributed by atoms with Gasteiger partial charge in [0.1, 0.15) is 12.5 Å². The Morgan fingerprint density at radius 2 is 1.76 bits per heavy atom. The van der Waals surface area contributed by atoms with E-state index in [0.717, 1.165) is 0 Å². The third-order valence-electron chi connectivity index (χ3n) is 2.23.